The molecule has 4 N–H and O–H groups in total. The maximum absolute atomic E-state index is 12.9. The van der Waals surface area contributed by atoms with Crippen molar-refractivity contribution in [1.82, 2.24) is 4.72 Å². The minimum Gasteiger partial charge on any atom is -0.384 e. The van der Waals surface area contributed by atoms with Crippen LogP contribution in [0, 0.1) is 6.92 Å². The van der Waals surface area contributed by atoms with Crippen LogP contribution in [0.15, 0.2) is 17.0 Å². The third-order valence-corrected chi connectivity index (χ3v) is 4.93. The highest BCUT2D eigenvalue weighted by atomic mass is 32.2. The number of sulfonamides is 1. The van der Waals surface area contributed by atoms with Crippen molar-refractivity contribution in [3.63, 3.8) is 0 Å². The number of nitrogens with one attached hydrogen (secondary N) is 2. The molecule has 6 nitrogen and oxygen atoms in total. The monoisotopic (exact) mass is 403 g/mol. The summed E-state index contributed by atoms with van der Waals surface area (Å²) in [5, 5.41) is 2.57. The second-order valence-electron chi connectivity index (χ2n) is 5.47. The molecule has 0 aromatic heterocycles. The molecule has 0 fully saturated rings. The van der Waals surface area contributed by atoms with Crippen LogP contribution < -0.4 is 15.8 Å². The maximum atomic E-state index is 12.9. The first kappa shape index (κ1) is 22.1. The lowest BCUT2D eigenvalue weighted by Crippen LogP contribution is -2.36. The highest BCUT2D eigenvalue weighted by molar-refractivity contribution is 7.89. The van der Waals surface area contributed by atoms with Gasteiger partial charge in [0.05, 0.1) is 10.5 Å². The number of primary amides is 1. The fourth-order valence-corrected chi connectivity index (χ4v) is 2.96. The van der Waals surface area contributed by atoms with Crippen LogP contribution in [0.1, 0.15) is 28.8 Å². The van der Waals surface area contributed by atoms with Crippen molar-refractivity contribution >= 4 is 21.6 Å². The molecule has 26 heavy (non-hydrogen) atoms. The van der Waals surface area contributed by atoms with Crippen molar-refractivity contribution in [2.24, 2.45) is 5.73 Å². The van der Waals surface area contributed by atoms with Crippen LogP contribution in [-0.4, -0.2) is 40.0 Å². The van der Waals surface area contributed by atoms with Gasteiger partial charge in [-0.25, -0.2) is 13.1 Å². The number of carbonyl (C=O) groups is 1. The largest absolute Gasteiger partial charge is 0.453 e. The highest BCUT2D eigenvalue weighted by Gasteiger charge is 2.56. The second kappa shape index (κ2) is 7.74. The molecular formula is C14H18F5N3O3S. The number of rotatable bonds is 8. The smallest absolute Gasteiger partial charge is 0.384 e. The summed E-state index contributed by atoms with van der Waals surface area (Å²) >= 11 is 0. The first-order valence-corrected chi connectivity index (χ1v) is 8.77. The Balaban J connectivity index is 2.99. The number of halogens is 5. The van der Waals surface area contributed by atoms with Crippen LogP contribution >= 0.6 is 0 Å². The quantitative estimate of drug-likeness (QED) is 0.458. The lowest BCUT2D eigenvalue weighted by atomic mass is 10.1. The van der Waals surface area contributed by atoms with E-state index < -0.39 is 40.9 Å². The Kier molecular flexibility index (Phi) is 6.58. The van der Waals surface area contributed by atoms with E-state index in [0.29, 0.717) is 0 Å². The van der Waals surface area contributed by atoms with Crippen molar-refractivity contribution in [2.45, 2.75) is 36.8 Å². The zero-order valence-electron chi connectivity index (χ0n) is 13.9. The number of benzene rings is 1. The summed E-state index contributed by atoms with van der Waals surface area (Å²) in [4.78, 5) is 11.3. The summed E-state index contributed by atoms with van der Waals surface area (Å²) in [7, 11) is -2.70. The number of hydrogen-bond donors (Lipinski definition) is 3. The highest BCUT2D eigenvalue weighted by Crippen LogP contribution is 2.38. The fraction of sp³-hybridized carbons (Fsp3) is 0.500. The van der Waals surface area contributed by atoms with Gasteiger partial charge in [0.15, 0.2) is 0 Å². The lowest BCUT2D eigenvalue weighted by Gasteiger charge is -2.20. The zero-order chi connectivity index (χ0) is 20.3. The number of anilines is 1. The van der Waals surface area contributed by atoms with Gasteiger partial charge in [-0.05, 0) is 38.1 Å². The van der Waals surface area contributed by atoms with E-state index in [1.807, 2.05) is 0 Å². The first-order valence-electron chi connectivity index (χ1n) is 7.29. The van der Waals surface area contributed by atoms with Crippen molar-refractivity contribution in [3.8, 4) is 0 Å². The molecule has 0 heterocycles. The van der Waals surface area contributed by atoms with Gasteiger partial charge in [0.1, 0.15) is 0 Å². The van der Waals surface area contributed by atoms with Crippen LogP contribution in [0.2, 0.25) is 0 Å². The number of carbonyl (C=O) groups excluding carboxylic acids is 1. The van der Waals surface area contributed by atoms with E-state index in [1.165, 1.54) is 20.0 Å². The van der Waals surface area contributed by atoms with Gasteiger partial charge >= 0.3 is 12.1 Å². The molecule has 12 heteroatoms. The summed E-state index contributed by atoms with van der Waals surface area (Å²) in [5.74, 6) is -5.80. The summed E-state index contributed by atoms with van der Waals surface area (Å²) in [6, 6.07) is 2.21. The Hall–Kier alpha value is -1.95. The Morgan fingerprint density at radius 3 is 2.23 bits per heavy atom. The number of aryl methyl sites for hydroxylation is 1. The molecule has 0 atom stereocenters. The number of amides is 1. The Labute approximate surface area is 147 Å². The Bertz CT molecular complexity index is 779. The zero-order valence-corrected chi connectivity index (χ0v) is 14.7. The first-order chi connectivity index (χ1) is 11.7. The lowest BCUT2D eigenvalue weighted by molar-refractivity contribution is -0.284. The predicted molar refractivity (Wildman–Crippen MR) is 84.7 cm³/mol. The van der Waals surface area contributed by atoms with Crippen LogP contribution in [0.3, 0.4) is 0 Å². The number of alkyl halides is 5. The summed E-state index contributed by atoms with van der Waals surface area (Å²) in [6.45, 7) is 1.14. The Morgan fingerprint density at radius 1 is 1.19 bits per heavy atom. The summed E-state index contributed by atoms with van der Waals surface area (Å²) < 4.78 is 87.8. The summed E-state index contributed by atoms with van der Waals surface area (Å²) in [5.41, 5.74) is 5.32. The van der Waals surface area contributed by atoms with Crippen LogP contribution in [-0.2, 0) is 10.0 Å². The van der Waals surface area contributed by atoms with Gasteiger partial charge in [0, 0.05) is 18.7 Å². The average molecular weight is 403 g/mol. The molecule has 1 aromatic carbocycles. The van der Waals surface area contributed by atoms with Gasteiger partial charge in [-0.2, -0.15) is 22.0 Å². The molecule has 0 spiro atoms. The maximum Gasteiger partial charge on any atom is 0.453 e. The second-order valence-corrected chi connectivity index (χ2v) is 7.35. The average Bonchev–Trinajstić information content (AvgIpc) is 2.50. The van der Waals surface area contributed by atoms with E-state index in [0.717, 1.165) is 6.07 Å². The molecule has 0 saturated heterocycles. The number of hydrogen-bond acceptors (Lipinski definition) is 4. The predicted octanol–water partition coefficient (Wildman–Crippen LogP) is 2.39. The third-order valence-electron chi connectivity index (χ3n) is 3.54. The van der Waals surface area contributed by atoms with Gasteiger partial charge < -0.3 is 11.1 Å². The van der Waals surface area contributed by atoms with E-state index in [1.54, 1.807) is 0 Å². The van der Waals surface area contributed by atoms with Gasteiger partial charge in [0.2, 0.25) is 10.0 Å². The fourth-order valence-electron chi connectivity index (χ4n) is 2.12. The molecule has 1 amide bonds. The van der Waals surface area contributed by atoms with E-state index in [-0.39, 0.29) is 28.3 Å². The molecule has 148 valence electrons. The van der Waals surface area contributed by atoms with E-state index >= 15 is 0 Å². The SMILES string of the molecule is CNS(=O)(=O)c1cc(C)c(NCCCC(F)(F)C(F)(F)F)c(C(N)=O)c1. The van der Waals surface area contributed by atoms with Crippen molar-refractivity contribution in [1.29, 1.82) is 0 Å². The van der Waals surface area contributed by atoms with Crippen molar-refractivity contribution < 1.29 is 35.2 Å². The van der Waals surface area contributed by atoms with Gasteiger partial charge in [-0.1, -0.05) is 0 Å². The molecule has 0 aliphatic carbocycles. The van der Waals surface area contributed by atoms with Gasteiger partial charge in [-0.15, -0.1) is 0 Å². The molecule has 0 aliphatic rings. The molecule has 0 unspecified atom stereocenters. The van der Waals surface area contributed by atoms with Crippen molar-refractivity contribution in [3.05, 3.63) is 23.3 Å². The van der Waals surface area contributed by atoms with Crippen LogP contribution in [0.5, 0.6) is 0 Å². The molecular weight excluding hydrogens is 385 g/mol. The van der Waals surface area contributed by atoms with Crippen LogP contribution in [0.25, 0.3) is 0 Å². The van der Waals surface area contributed by atoms with E-state index in [9.17, 15) is 35.2 Å². The third kappa shape index (κ3) is 5.04. The van der Waals surface area contributed by atoms with Crippen LogP contribution in [0.4, 0.5) is 27.6 Å². The minimum absolute atomic E-state index is 0.0721. The summed E-state index contributed by atoms with van der Waals surface area (Å²) in [6.07, 6.45) is -7.61. The topological polar surface area (TPSA) is 101 Å². The normalized spacial score (nSPS) is 12.9. The molecule has 0 radical (unpaired) electrons. The molecule has 0 bridgehead atoms. The minimum atomic E-state index is -5.63. The van der Waals surface area contributed by atoms with E-state index in [4.69, 9.17) is 5.73 Å². The molecule has 1 aromatic rings. The molecule has 1 rings (SSSR count). The van der Waals surface area contributed by atoms with E-state index in [2.05, 4.69) is 10.0 Å². The Morgan fingerprint density at radius 2 is 1.77 bits per heavy atom. The van der Waals surface area contributed by atoms with Crippen molar-refractivity contribution in [2.75, 3.05) is 18.9 Å². The number of nitrogens with two attached hydrogens (primary N) is 1. The van der Waals surface area contributed by atoms with Gasteiger partial charge in [-0.3, -0.25) is 4.79 Å². The molecule has 0 aliphatic heterocycles. The van der Waals surface area contributed by atoms with Gasteiger partial charge in [0.25, 0.3) is 5.91 Å². The molecule has 0 saturated carbocycles. The standard InChI is InChI=1S/C14H18F5N3O3S/c1-8-6-9(26(24,25)21-2)7-10(12(20)23)11(8)22-5-3-4-13(15,16)14(17,18)19/h6-7,21-22H,3-5H2,1-2H3,(H2,20,23).